The third kappa shape index (κ3) is 3.89. The van der Waals surface area contributed by atoms with Crippen molar-refractivity contribution in [2.45, 2.75) is 58.0 Å². The van der Waals surface area contributed by atoms with Crippen LogP contribution < -0.4 is 11.1 Å². The van der Waals surface area contributed by atoms with E-state index in [0.717, 1.165) is 6.42 Å². The van der Waals surface area contributed by atoms with Gasteiger partial charge in [0.25, 0.3) is 0 Å². The van der Waals surface area contributed by atoms with E-state index in [-0.39, 0.29) is 35.9 Å². The number of Topliss-reactive ketones (excluding diaryl/α,β-unsaturated/α-hetero) is 1. The van der Waals surface area contributed by atoms with E-state index < -0.39 is 18.0 Å². The van der Waals surface area contributed by atoms with Gasteiger partial charge >= 0.3 is 0 Å². The highest BCUT2D eigenvalue weighted by Crippen LogP contribution is 2.24. The summed E-state index contributed by atoms with van der Waals surface area (Å²) in [4.78, 5) is 49.4. The summed E-state index contributed by atoms with van der Waals surface area (Å²) in [6.45, 7) is 4.17. The summed E-state index contributed by atoms with van der Waals surface area (Å²) < 4.78 is 0. The summed E-state index contributed by atoms with van der Waals surface area (Å²) in [5.41, 5.74) is 5.36. The van der Waals surface area contributed by atoms with Crippen LogP contribution in [0.3, 0.4) is 0 Å². The highest BCUT2D eigenvalue weighted by Gasteiger charge is 2.39. The molecule has 1 saturated heterocycles. The lowest BCUT2D eigenvalue weighted by molar-refractivity contribution is -0.142. The van der Waals surface area contributed by atoms with E-state index in [4.69, 9.17) is 5.73 Å². The Hall–Kier alpha value is -1.92. The van der Waals surface area contributed by atoms with E-state index >= 15 is 0 Å². The predicted molar refractivity (Wildman–Crippen MR) is 83.0 cm³/mol. The van der Waals surface area contributed by atoms with Gasteiger partial charge in [-0.1, -0.05) is 13.8 Å². The van der Waals surface area contributed by atoms with E-state index in [0.29, 0.717) is 25.8 Å². The summed E-state index contributed by atoms with van der Waals surface area (Å²) in [7, 11) is 0. The van der Waals surface area contributed by atoms with E-state index in [1.165, 1.54) is 4.90 Å². The van der Waals surface area contributed by atoms with Gasteiger partial charge in [0, 0.05) is 25.3 Å². The fourth-order valence-electron chi connectivity index (χ4n) is 3.33. The Labute approximate surface area is 135 Å². The molecule has 0 radical (unpaired) electrons. The van der Waals surface area contributed by atoms with Gasteiger partial charge in [-0.3, -0.25) is 19.2 Å². The van der Waals surface area contributed by atoms with Gasteiger partial charge in [-0.25, -0.2) is 0 Å². The zero-order valence-corrected chi connectivity index (χ0v) is 13.7. The number of hydrogen-bond acceptors (Lipinski definition) is 4. The summed E-state index contributed by atoms with van der Waals surface area (Å²) in [6.07, 6.45) is 2.51. The van der Waals surface area contributed by atoms with Gasteiger partial charge in [0.05, 0.1) is 0 Å². The van der Waals surface area contributed by atoms with Crippen molar-refractivity contribution in [3.63, 3.8) is 0 Å². The number of primary amides is 1. The van der Waals surface area contributed by atoms with Crippen molar-refractivity contribution < 1.29 is 19.2 Å². The number of nitrogens with one attached hydrogen (secondary N) is 1. The van der Waals surface area contributed by atoms with Crippen LogP contribution in [0.4, 0.5) is 0 Å². The number of carbonyl (C=O) groups is 4. The first-order valence-corrected chi connectivity index (χ1v) is 8.23. The van der Waals surface area contributed by atoms with Gasteiger partial charge in [0.1, 0.15) is 17.9 Å². The maximum Gasteiger partial charge on any atom is 0.246 e. The number of nitrogens with two attached hydrogens (primary N) is 1. The van der Waals surface area contributed by atoms with Crippen LogP contribution in [0.5, 0.6) is 0 Å². The first-order chi connectivity index (χ1) is 10.8. The lowest BCUT2D eigenvalue weighted by Crippen LogP contribution is -2.55. The van der Waals surface area contributed by atoms with Gasteiger partial charge in [0.15, 0.2) is 0 Å². The molecule has 1 aliphatic heterocycles. The fourth-order valence-corrected chi connectivity index (χ4v) is 3.33. The second-order valence-corrected chi connectivity index (χ2v) is 6.80. The summed E-state index contributed by atoms with van der Waals surface area (Å²) in [5, 5.41) is 2.78. The lowest BCUT2D eigenvalue weighted by Gasteiger charge is -2.30. The van der Waals surface area contributed by atoms with Crippen LogP contribution >= 0.6 is 0 Å². The van der Waals surface area contributed by atoms with Crippen LogP contribution in [0.15, 0.2) is 0 Å². The molecule has 2 rings (SSSR count). The van der Waals surface area contributed by atoms with Crippen LogP contribution in [0.2, 0.25) is 0 Å². The maximum absolute atomic E-state index is 12.8. The van der Waals surface area contributed by atoms with Crippen LogP contribution in [-0.4, -0.2) is 47.0 Å². The first-order valence-electron chi connectivity index (χ1n) is 8.23. The average molecular weight is 323 g/mol. The number of rotatable bonds is 5. The molecule has 1 heterocycles. The molecule has 3 atom stereocenters. The Balaban J connectivity index is 2.05. The first kappa shape index (κ1) is 17.4. The lowest BCUT2D eigenvalue weighted by atomic mass is 10.00. The third-order valence-electron chi connectivity index (χ3n) is 4.71. The highest BCUT2D eigenvalue weighted by atomic mass is 16.2. The zero-order chi connectivity index (χ0) is 17.1. The smallest absolute Gasteiger partial charge is 0.246 e. The molecule has 2 aliphatic rings. The summed E-state index contributed by atoms with van der Waals surface area (Å²) in [5.74, 6) is -1.39. The molecule has 0 aromatic carbocycles. The second kappa shape index (κ2) is 7.10. The Kier molecular flexibility index (Phi) is 5.38. The van der Waals surface area contributed by atoms with Crippen molar-refractivity contribution in [3.05, 3.63) is 0 Å². The molecule has 23 heavy (non-hydrogen) atoms. The van der Waals surface area contributed by atoms with Crippen molar-refractivity contribution in [2.75, 3.05) is 6.54 Å². The molecule has 0 aromatic rings. The molecule has 2 fully saturated rings. The summed E-state index contributed by atoms with van der Waals surface area (Å²) >= 11 is 0. The van der Waals surface area contributed by atoms with Crippen LogP contribution in [0, 0.1) is 11.8 Å². The fraction of sp³-hybridized carbons (Fsp3) is 0.750. The largest absolute Gasteiger partial charge is 0.368 e. The van der Waals surface area contributed by atoms with Gasteiger partial charge < -0.3 is 16.0 Å². The molecule has 7 nitrogen and oxygen atoms in total. The van der Waals surface area contributed by atoms with Crippen molar-refractivity contribution in [1.82, 2.24) is 10.2 Å². The molecule has 1 aliphatic carbocycles. The SMILES string of the molecule is CC(C)[C@H](NC(=O)C1CCC(=O)C1)C(=O)N1CCC[C@H]1C(N)=O. The Morgan fingerprint density at radius 1 is 1.26 bits per heavy atom. The predicted octanol–water partition coefficient (Wildman–Crippen LogP) is -0.0273. The number of hydrogen-bond donors (Lipinski definition) is 2. The number of nitrogens with zero attached hydrogens (tertiary/aromatic N) is 1. The van der Waals surface area contributed by atoms with Crippen molar-refractivity contribution in [2.24, 2.45) is 17.6 Å². The minimum Gasteiger partial charge on any atom is -0.368 e. The Bertz CT molecular complexity index is 517. The van der Waals surface area contributed by atoms with E-state index in [9.17, 15) is 19.2 Å². The van der Waals surface area contributed by atoms with E-state index in [1.54, 1.807) is 0 Å². The maximum atomic E-state index is 12.8. The Morgan fingerprint density at radius 3 is 2.48 bits per heavy atom. The van der Waals surface area contributed by atoms with E-state index in [2.05, 4.69) is 5.32 Å². The molecule has 0 spiro atoms. The van der Waals surface area contributed by atoms with Crippen molar-refractivity contribution >= 4 is 23.5 Å². The molecule has 7 heteroatoms. The molecule has 3 N–H and O–H groups in total. The number of carbonyl (C=O) groups excluding carboxylic acids is 4. The monoisotopic (exact) mass is 323 g/mol. The van der Waals surface area contributed by atoms with Gasteiger partial charge in [-0.2, -0.15) is 0 Å². The van der Waals surface area contributed by atoms with Crippen molar-refractivity contribution in [1.29, 1.82) is 0 Å². The number of amides is 3. The number of ketones is 1. The molecule has 0 bridgehead atoms. The average Bonchev–Trinajstić information content (AvgIpc) is 3.11. The molecule has 1 saturated carbocycles. The molecule has 128 valence electrons. The normalized spacial score (nSPS) is 25.7. The summed E-state index contributed by atoms with van der Waals surface area (Å²) in [6, 6.07) is -1.29. The van der Waals surface area contributed by atoms with E-state index in [1.807, 2.05) is 13.8 Å². The minimum absolute atomic E-state index is 0.0888. The zero-order valence-electron chi connectivity index (χ0n) is 13.7. The molecule has 1 unspecified atom stereocenters. The standard InChI is InChI=1S/C16H25N3O4/c1-9(2)13(18-15(22)10-5-6-11(20)8-10)16(23)19-7-3-4-12(19)14(17)21/h9-10,12-13H,3-8H2,1-2H3,(H2,17,21)(H,18,22)/t10?,12-,13-/m0/s1. The van der Waals surface area contributed by atoms with Gasteiger partial charge in [-0.15, -0.1) is 0 Å². The highest BCUT2D eigenvalue weighted by molar-refractivity contribution is 5.94. The van der Waals surface area contributed by atoms with Crippen molar-refractivity contribution in [3.8, 4) is 0 Å². The van der Waals surface area contributed by atoms with Crippen LogP contribution in [0.1, 0.15) is 46.0 Å². The Morgan fingerprint density at radius 2 is 1.96 bits per heavy atom. The molecule has 0 aromatic heterocycles. The molecule has 3 amide bonds. The quantitative estimate of drug-likeness (QED) is 0.740. The van der Waals surface area contributed by atoms with Crippen LogP contribution in [0.25, 0.3) is 0 Å². The number of likely N-dealkylation sites (tertiary alicyclic amines) is 1. The van der Waals surface area contributed by atoms with Crippen LogP contribution in [-0.2, 0) is 19.2 Å². The third-order valence-corrected chi connectivity index (χ3v) is 4.71. The van der Waals surface area contributed by atoms with Gasteiger partial charge in [-0.05, 0) is 25.2 Å². The minimum atomic E-state index is -0.696. The van der Waals surface area contributed by atoms with Gasteiger partial charge in [0.2, 0.25) is 17.7 Å². The second-order valence-electron chi connectivity index (χ2n) is 6.80. The topological polar surface area (TPSA) is 110 Å². The molecular weight excluding hydrogens is 298 g/mol. The molecular formula is C16H25N3O4.